The Labute approximate surface area is 204 Å². The molecule has 0 amide bonds. The van der Waals surface area contributed by atoms with Gasteiger partial charge in [0.15, 0.2) is 17.4 Å². The molecule has 1 aromatic heterocycles. The molecule has 4 heterocycles. The summed E-state index contributed by atoms with van der Waals surface area (Å²) in [5.41, 5.74) is 3.81. The molecule has 3 aliphatic heterocycles. The maximum Gasteiger partial charge on any atom is 0.172 e. The molecule has 1 spiro atoms. The molecule has 2 aromatic carbocycles. The van der Waals surface area contributed by atoms with Crippen molar-refractivity contribution in [1.29, 1.82) is 0 Å². The van der Waals surface area contributed by atoms with Crippen LogP contribution in [0.2, 0.25) is 5.02 Å². The number of aromatic nitrogens is 2. The zero-order valence-electron chi connectivity index (χ0n) is 19.7. The van der Waals surface area contributed by atoms with Gasteiger partial charge in [-0.2, -0.15) is 0 Å². The number of carbonyl (C=O) groups is 1. The largest absolute Gasteiger partial charge is 0.486 e. The van der Waals surface area contributed by atoms with Crippen LogP contribution >= 0.6 is 11.6 Å². The first-order valence-corrected chi connectivity index (χ1v) is 12.6. The lowest BCUT2D eigenvalue weighted by Gasteiger charge is -2.45. The van der Waals surface area contributed by atoms with Crippen LogP contribution in [-0.2, 0) is 0 Å². The van der Waals surface area contributed by atoms with Crippen molar-refractivity contribution in [1.82, 2.24) is 9.97 Å². The van der Waals surface area contributed by atoms with Gasteiger partial charge in [-0.3, -0.25) is 4.79 Å². The molecule has 6 nitrogen and oxygen atoms in total. The lowest BCUT2D eigenvalue weighted by atomic mass is 9.81. The van der Waals surface area contributed by atoms with Gasteiger partial charge in [0, 0.05) is 44.0 Å². The van der Waals surface area contributed by atoms with Crippen LogP contribution in [0.5, 0.6) is 5.75 Å². The number of hydrogen-bond donors (Lipinski definition) is 0. The van der Waals surface area contributed by atoms with E-state index >= 15 is 0 Å². The van der Waals surface area contributed by atoms with Gasteiger partial charge in [0.2, 0.25) is 0 Å². The van der Waals surface area contributed by atoms with Crippen LogP contribution in [0, 0.1) is 13.8 Å². The monoisotopic (exact) mass is 476 g/mol. The number of para-hydroxylation sites is 2. The van der Waals surface area contributed by atoms with Crippen molar-refractivity contribution in [3.05, 3.63) is 52.0 Å². The fourth-order valence-corrected chi connectivity index (χ4v) is 5.89. The highest BCUT2D eigenvalue weighted by Gasteiger charge is 2.44. The summed E-state index contributed by atoms with van der Waals surface area (Å²) >= 11 is 6.42. The third kappa shape index (κ3) is 3.50. The predicted octanol–water partition coefficient (Wildman–Crippen LogP) is 5.50. The fraction of sp³-hybridized carbons (Fsp3) is 0.444. The van der Waals surface area contributed by atoms with E-state index in [1.807, 2.05) is 44.2 Å². The van der Waals surface area contributed by atoms with Crippen molar-refractivity contribution in [2.45, 2.75) is 51.6 Å². The molecule has 3 aliphatic rings. The average Bonchev–Trinajstić information content (AvgIpc) is 3.37. The Hall–Kier alpha value is -2.86. The Kier molecular flexibility index (Phi) is 5.17. The number of ketones is 1. The van der Waals surface area contributed by atoms with E-state index in [1.165, 1.54) is 12.8 Å². The van der Waals surface area contributed by atoms with E-state index in [0.29, 0.717) is 22.8 Å². The van der Waals surface area contributed by atoms with Crippen molar-refractivity contribution in [2.24, 2.45) is 0 Å². The highest BCUT2D eigenvalue weighted by atomic mass is 35.5. The van der Waals surface area contributed by atoms with Crippen molar-refractivity contribution in [3.8, 4) is 5.75 Å². The number of piperidine rings is 1. The molecule has 0 aliphatic carbocycles. The summed E-state index contributed by atoms with van der Waals surface area (Å²) in [5.74, 6) is 2.76. The molecule has 0 saturated carbocycles. The second kappa shape index (κ2) is 8.12. The molecule has 2 saturated heterocycles. The highest BCUT2D eigenvalue weighted by Crippen LogP contribution is 2.44. The molecule has 0 bridgehead atoms. The van der Waals surface area contributed by atoms with E-state index in [1.54, 1.807) is 0 Å². The average molecular weight is 477 g/mol. The third-order valence-electron chi connectivity index (χ3n) is 7.65. The Balaban J connectivity index is 1.30. The Morgan fingerprint density at radius 2 is 1.53 bits per heavy atom. The Morgan fingerprint density at radius 1 is 0.941 bits per heavy atom. The number of aryl methyl sites for hydroxylation is 1. The molecular weight excluding hydrogens is 448 g/mol. The van der Waals surface area contributed by atoms with Crippen LogP contribution in [0.3, 0.4) is 0 Å². The smallest absolute Gasteiger partial charge is 0.172 e. The molecule has 176 valence electrons. The number of anilines is 2. The molecule has 2 fully saturated rings. The number of fused-ring (bicyclic) bond motifs is 2. The van der Waals surface area contributed by atoms with Crippen molar-refractivity contribution in [3.63, 3.8) is 0 Å². The lowest BCUT2D eigenvalue weighted by molar-refractivity contribution is 0.0229. The van der Waals surface area contributed by atoms with Crippen molar-refractivity contribution >= 4 is 40.1 Å². The van der Waals surface area contributed by atoms with Crippen molar-refractivity contribution in [2.75, 3.05) is 36.0 Å². The predicted molar refractivity (Wildman–Crippen MR) is 136 cm³/mol. The van der Waals surface area contributed by atoms with Gasteiger partial charge >= 0.3 is 0 Å². The first kappa shape index (κ1) is 21.7. The number of rotatable bonds is 2. The van der Waals surface area contributed by atoms with Crippen LogP contribution in [0.15, 0.2) is 30.3 Å². The molecule has 7 heteroatoms. The SMILES string of the molecule is Cc1cc2c(c(C)c1Cl)C(=O)CC1(CCN(c3nc4ccccc4nc3N3CCCC3)CC1)O2. The van der Waals surface area contributed by atoms with E-state index in [4.69, 9.17) is 26.3 Å². The van der Waals surface area contributed by atoms with Gasteiger partial charge in [-0.25, -0.2) is 9.97 Å². The topological polar surface area (TPSA) is 58.6 Å². The lowest BCUT2D eigenvalue weighted by Crippen LogP contribution is -2.51. The summed E-state index contributed by atoms with van der Waals surface area (Å²) in [6, 6.07) is 10.0. The molecule has 6 rings (SSSR count). The van der Waals surface area contributed by atoms with Gasteiger partial charge in [-0.15, -0.1) is 0 Å². The summed E-state index contributed by atoms with van der Waals surface area (Å²) in [6.45, 7) is 7.48. The van der Waals surface area contributed by atoms with Crippen LogP contribution in [0.25, 0.3) is 11.0 Å². The second-order valence-corrected chi connectivity index (χ2v) is 10.3. The Morgan fingerprint density at radius 3 is 2.15 bits per heavy atom. The maximum atomic E-state index is 13.2. The van der Waals surface area contributed by atoms with Gasteiger partial charge in [-0.05, 0) is 56.0 Å². The summed E-state index contributed by atoms with van der Waals surface area (Å²) in [7, 11) is 0. The zero-order valence-corrected chi connectivity index (χ0v) is 20.5. The highest BCUT2D eigenvalue weighted by molar-refractivity contribution is 6.32. The first-order chi connectivity index (χ1) is 16.4. The first-order valence-electron chi connectivity index (χ1n) is 12.2. The van der Waals surface area contributed by atoms with Crippen LogP contribution in [-0.4, -0.2) is 47.5 Å². The normalized spacial score (nSPS) is 19.6. The minimum atomic E-state index is -0.467. The number of Topliss-reactive ketones (excluding diaryl/α,β-unsaturated/α-hetero) is 1. The van der Waals surface area contributed by atoms with Gasteiger partial charge in [0.05, 0.1) is 23.0 Å². The third-order valence-corrected chi connectivity index (χ3v) is 8.23. The molecule has 34 heavy (non-hydrogen) atoms. The molecule has 3 aromatic rings. The van der Waals surface area contributed by atoms with E-state index in [-0.39, 0.29) is 5.78 Å². The van der Waals surface area contributed by atoms with E-state index in [9.17, 15) is 4.79 Å². The molecule has 0 radical (unpaired) electrons. The van der Waals surface area contributed by atoms with Crippen LogP contribution in [0.1, 0.15) is 53.6 Å². The summed E-state index contributed by atoms with van der Waals surface area (Å²) < 4.78 is 6.58. The number of benzene rings is 2. The van der Waals surface area contributed by atoms with Crippen LogP contribution < -0.4 is 14.5 Å². The minimum absolute atomic E-state index is 0.136. The fourth-order valence-electron chi connectivity index (χ4n) is 5.74. The van der Waals surface area contributed by atoms with Crippen molar-refractivity contribution < 1.29 is 9.53 Å². The summed E-state index contributed by atoms with van der Waals surface area (Å²) in [4.78, 5) is 28.0. The zero-order chi connectivity index (χ0) is 23.4. The summed E-state index contributed by atoms with van der Waals surface area (Å²) in [6.07, 6.45) is 4.32. The van der Waals surface area contributed by atoms with E-state index in [0.717, 1.165) is 72.8 Å². The van der Waals surface area contributed by atoms with E-state index in [2.05, 4.69) is 9.80 Å². The van der Waals surface area contributed by atoms with E-state index < -0.39 is 5.60 Å². The quantitative estimate of drug-likeness (QED) is 0.486. The van der Waals surface area contributed by atoms with Gasteiger partial charge < -0.3 is 14.5 Å². The summed E-state index contributed by atoms with van der Waals surface area (Å²) in [5, 5.41) is 0.658. The van der Waals surface area contributed by atoms with Gasteiger partial charge in [0.25, 0.3) is 0 Å². The number of ether oxygens (including phenoxy) is 1. The van der Waals surface area contributed by atoms with Gasteiger partial charge in [0.1, 0.15) is 11.4 Å². The maximum absolute atomic E-state index is 13.2. The van der Waals surface area contributed by atoms with Gasteiger partial charge in [-0.1, -0.05) is 23.7 Å². The number of carbonyl (C=O) groups excluding carboxylic acids is 1. The minimum Gasteiger partial charge on any atom is -0.486 e. The number of halogens is 1. The standard InChI is InChI=1S/C27H29ClN4O2/c1-17-15-22-23(18(2)24(17)28)21(33)16-27(34-22)9-13-32(14-10-27)26-25(31-11-5-6-12-31)29-19-7-3-4-8-20(19)30-26/h3-4,7-8,15H,5-6,9-14,16H2,1-2H3. The molecule has 0 N–H and O–H groups in total. The molecule has 0 unspecified atom stereocenters. The molecule has 0 atom stereocenters. The Bertz CT molecular complexity index is 1290. The number of hydrogen-bond acceptors (Lipinski definition) is 6. The van der Waals surface area contributed by atoms with Crippen LogP contribution in [0.4, 0.5) is 11.6 Å². The number of nitrogens with zero attached hydrogens (tertiary/aromatic N) is 4. The second-order valence-electron chi connectivity index (χ2n) is 9.93. The molecular formula is C27H29ClN4O2.